The first kappa shape index (κ1) is 17.6. The van der Waals surface area contributed by atoms with Gasteiger partial charge in [-0.15, -0.1) is 0 Å². The number of carbonyl (C=O) groups is 3. The first-order valence-electron chi connectivity index (χ1n) is 7.85. The number of carbonyl (C=O) groups excluding carboxylic acids is 2. The van der Waals surface area contributed by atoms with E-state index >= 15 is 0 Å². The van der Waals surface area contributed by atoms with Gasteiger partial charge in [0.05, 0.1) is 0 Å². The van der Waals surface area contributed by atoms with Crippen LogP contribution in [0.1, 0.15) is 39.0 Å². The summed E-state index contributed by atoms with van der Waals surface area (Å²) in [5.41, 5.74) is 0. The largest absolute Gasteiger partial charge is 0.480 e. The van der Waals surface area contributed by atoms with Crippen molar-refractivity contribution in [2.75, 3.05) is 19.6 Å². The van der Waals surface area contributed by atoms with Crippen LogP contribution in [0.15, 0.2) is 0 Å². The first-order chi connectivity index (χ1) is 10.7. The summed E-state index contributed by atoms with van der Waals surface area (Å²) in [4.78, 5) is 37.6. The average Bonchev–Trinajstić information content (AvgIpc) is 2.66. The van der Waals surface area contributed by atoms with Crippen LogP contribution in [-0.2, 0) is 14.4 Å². The quantitative estimate of drug-likeness (QED) is 0.843. The molecule has 1 unspecified atom stereocenters. The maximum absolute atomic E-state index is 12.9. The fourth-order valence-corrected chi connectivity index (χ4v) is 3.35. The summed E-state index contributed by atoms with van der Waals surface area (Å²) in [6.45, 7) is 1.81. The summed E-state index contributed by atoms with van der Waals surface area (Å²) in [5, 5.41) is 8.91. The Morgan fingerprint density at radius 2 is 1.87 bits per heavy atom. The normalized spacial score (nSPS) is 24.5. The molecule has 8 heteroatoms. The fourth-order valence-electron chi connectivity index (χ4n) is 3.35. The minimum Gasteiger partial charge on any atom is -0.480 e. The van der Waals surface area contributed by atoms with E-state index < -0.39 is 17.8 Å². The van der Waals surface area contributed by atoms with Crippen LogP contribution in [0.4, 0.5) is 8.78 Å². The molecule has 2 aliphatic rings. The lowest BCUT2D eigenvalue weighted by Crippen LogP contribution is -2.47. The van der Waals surface area contributed by atoms with Gasteiger partial charge in [-0.3, -0.25) is 14.4 Å². The summed E-state index contributed by atoms with van der Waals surface area (Å²) >= 11 is 0. The van der Waals surface area contributed by atoms with E-state index in [9.17, 15) is 23.2 Å². The first-order valence-corrected chi connectivity index (χ1v) is 7.85. The molecule has 1 N–H and O–H groups in total. The zero-order chi connectivity index (χ0) is 17.2. The van der Waals surface area contributed by atoms with Crippen LogP contribution in [0.3, 0.4) is 0 Å². The molecule has 0 aromatic heterocycles. The highest BCUT2D eigenvalue weighted by atomic mass is 19.3. The molecule has 1 aliphatic carbocycles. The molecule has 2 amide bonds. The Morgan fingerprint density at radius 1 is 1.22 bits per heavy atom. The number of rotatable bonds is 4. The van der Waals surface area contributed by atoms with Crippen molar-refractivity contribution in [3.8, 4) is 0 Å². The number of carboxylic acid groups (broad SMARTS) is 1. The van der Waals surface area contributed by atoms with Crippen molar-refractivity contribution in [3.05, 3.63) is 0 Å². The second-order valence-electron chi connectivity index (χ2n) is 6.41. The Balaban J connectivity index is 1.92. The van der Waals surface area contributed by atoms with Crippen LogP contribution in [0.5, 0.6) is 0 Å². The molecule has 2 fully saturated rings. The van der Waals surface area contributed by atoms with Gasteiger partial charge in [0.15, 0.2) is 0 Å². The van der Waals surface area contributed by atoms with Crippen LogP contribution in [0, 0.1) is 5.92 Å². The minimum absolute atomic E-state index is 0.232. The summed E-state index contributed by atoms with van der Waals surface area (Å²) in [7, 11) is 0. The number of amides is 2. The molecule has 1 saturated heterocycles. The lowest BCUT2D eigenvalue weighted by Gasteiger charge is -2.37. The van der Waals surface area contributed by atoms with Crippen molar-refractivity contribution >= 4 is 17.8 Å². The van der Waals surface area contributed by atoms with E-state index in [1.54, 1.807) is 4.90 Å². The van der Waals surface area contributed by atoms with E-state index in [0.29, 0.717) is 32.4 Å². The maximum Gasteiger partial charge on any atom is 0.323 e. The van der Waals surface area contributed by atoms with Crippen molar-refractivity contribution in [1.82, 2.24) is 9.80 Å². The average molecular weight is 332 g/mol. The van der Waals surface area contributed by atoms with Gasteiger partial charge in [-0.2, -0.15) is 0 Å². The Bertz CT molecular complexity index is 490. The second kappa shape index (κ2) is 6.80. The van der Waals surface area contributed by atoms with Gasteiger partial charge in [0.25, 0.3) is 0 Å². The molecule has 23 heavy (non-hydrogen) atoms. The Kier molecular flexibility index (Phi) is 5.21. The lowest BCUT2D eigenvalue weighted by molar-refractivity contribution is -0.159. The van der Waals surface area contributed by atoms with Crippen molar-refractivity contribution in [3.63, 3.8) is 0 Å². The predicted octanol–water partition coefficient (Wildman–Crippen LogP) is 1.35. The predicted molar refractivity (Wildman–Crippen MR) is 76.9 cm³/mol. The standard InChI is InChI=1S/C15H22F2N2O4/c1-10(20)19(9-13(21)22)12-3-2-5-18(6-4-12)14(23)11-7-15(16,17)8-11/h11-12H,2-9H2,1H3,(H,21,22). The van der Waals surface area contributed by atoms with Crippen molar-refractivity contribution in [1.29, 1.82) is 0 Å². The number of nitrogens with zero attached hydrogens (tertiary/aromatic N) is 2. The van der Waals surface area contributed by atoms with Crippen LogP contribution in [-0.4, -0.2) is 64.3 Å². The topological polar surface area (TPSA) is 77.9 Å². The molecule has 0 radical (unpaired) electrons. The maximum atomic E-state index is 12.9. The van der Waals surface area contributed by atoms with Gasteiger partial charge in [0, 0.05) is 44.8 Å². The molecule has 0 spiro atoms. The smallest absolute Gasteiger partial charge is 0.323 e. The number of aliphatic carboxylic acids is 1. The van der Waals surface area contributed by atoms with E-state index in [2.05, 4.69) is 0 Å². The highest BCUT2D eigenvalue weighted by molar-refractivity contribution is 5.81. The monoisotopic (exact) mass is 332 g/mol. The molecule has 1 aliphatic heterocycles. The third-order valence-electron chi connectivity index (χ3n) is 4.60. The van der Waals surface area contributed by atoms with Crippen LogP contribution in [0.2, 0.25) is 0 Å². The lowest BCUT2D eigenvalue weighted by atomic mass is 9.80. The third-order valence-corrected chi connectivity index (χ3v) is 4.60. The molecular weight excluding hydrogens is 310 g/mol. The molecule has 130 valence electrons. The molecule has 0 aromatic carbocycles. The van der Waals surface area contributed by atoms with E-state index in [1.165, 1.54) is 11.8 Å². The van der Waals surface area contributed by atoms with Gasteiger partial charge in [0.2, 0.25) is 17.7 Å². The Morgan fingerprint density at radius 3 is 2.39 bits per heavy atom. The van der Waals surface area contributed by atoms with Gasteiger partial charge < -0.3 is 14.9 Å². The number of carboxylic acids is 1. The summed E-state index contributed by atoms with van der Waals surface area (Å²) in [5.74, 6) is -4.96. The van der Waals surface area contributed by atoms with Crippen LogP contribution < -0.4 is 0 Å². The number of hydrogen-bond acceptors (Lipinski definition) is 3. The van der Waals surface area contributed by atoms with Crippen molar-refractivity contribution in [2.24, 2.45) is 5.92 Å². The molecular formula is C15H22F2N2O4. The summed E-state index contributed by atoms with van der Waals surface area (Å²) in [6.07, 6.45) is 0.941. The van der Waals surface area contributed by atoms with E-state index in [0.717, 1.165) is 0 Å². The number of alkyl halides is 2. The fraction of sp³-hybridized carbons (Fsp3) is 0.800. The zero-order valence-electron chi connectivity index (χ0n) is 13.1. The van der Waals surface area contributed by atoms with E-state index in [-0.39, 0.29) is 37.2 Å². The molecule has 1 atom stereocenters. The SMILES string of the molecule is CC(=O)N(CC(=O)O)C1CCCN(C(=O)C2CC(F)(F)C2)CC1. The third kappa shape index (κ3) is 4.39. The Labute approximate surface area is 133 Å². The molecule has 0 bridgehead atoms. The van der Waals surface area contributed by atoms with Gasteiger partial charge in [0.1, 0.15) is 6.54 Å². The van der Waals surface area contributed by atoms with Gasteiger partial charge in [-0.25, -0.2) is 8.78 Å². The summed E-state index contributed by atoms with van der Waals surface area (Å²) < 4.78 is 25.8. The van der Waals surface area contributed by atoms with Gasteiger partial charge in [-0.1, -0.05) is 0 Å². The molecule has 1 saturated carbocycles. The number of hydrogen-bond donors (Lipinski definition) is 1. The van der Waals surface area contributed by atoms with Gasteiger partial charge in [-0.05, 0) is 19.3 Å². The second-order valence-corrected chi connectivity index (χ2v) is 6.41. The minimum atomic E-state index is -2.72. The number of likely N-dealkylation sites (tertiary alicyclic amines) is 1. The van der Waals surface area contributed by atoms with Crippen LogP contribution >= 0.6 is 0 Å². The molecule has 6 nitrogen and oxygen atoms in total. The highest BCUT2D eigenvalue weighted by Gasteiger charge is 2.49. The summed E-state index contributed by atoms with van der Waals surface area (Å²) in [6, 6.07) is -0.232. The van der Waals surface area contributed by atoms with E-state index in [4.69, 9.17) is 5.11 Å². The molecule has 2 rings (SSSR count). The number of halogens is 2. The zero-order valence-corrected chi connectivity index (χ0v) is 13.1. The van der Waals surface area contributed by atoms with Gasteiger partial charge >= 0.3 is 5.97 Å². The van der Waals surface area contributed by atoms with Crippen molar-refractivity contribution in [2.45, 2.75) is 51.0 Å². The van der Waals surface area contributed by atoms with Crippen molar-refractivity contribution < 1.29 is 28.3 Å². The Hall–Kier alpha value is -1.73. The van der Waals surface area contributed by atoms with Crippen LogP contribution in [0.25, 0.3) is 0 Å². The highest BCUT2D eigenvalue weighted by Crippen LogP contribution is 2.43. The molecule has 1 heterocycles. The van der Waals surface area contributed by atoms with E-state index in [1.807, 2.05) is 0 Å². The molecule has 0 aromatic rings.